The fraction of sp³-hybridized carbons (Fsp3) is 0.400. The molecule has 1 aliphatic rings. The zero-order chi connectivity index (χ0) is 30.7. The van der Waals surface area contributed by atoms with Gasteiger partial charge in [0.25, 0.3) is 5.60 Å². The first-order chi connectivity index (χ1) is 19.7. The Morgan fingerprint density at radius 3 is 2.14 bits per heavy atom. The maximum absolute atomic E-state index is 13.2. The normalized spacial score (nSPS) is 17.3. The molecule has 2 aromatic carbocycles. The second-order valence-electron chi connectivity index (χ2n) is 10.3. The molecule has 3 aromatic rings. The summed E-state index contributed by atoms with van der Waals surface area (Å²) in [5.41, 5.74) is -2.58. The minimum Gasteiger partial charge on any atom is -0.465 e. The molecule has 42 heavy (non-hydrogen) atoms. The van der Waals surface area contributed by atoms with Gasteiger partial charge in [-0.05, 0) is 53.8 Å². The number of rotatable bonds is 8. The Labute approximate surface area is 239 Å². The molecule has 1 aromatic heterocycles. The maximum Gasteiger partial charge on any atom is 0.430 e. The van der Waals surface area contributed by atoms with Gasteiger partial charge in [-0.2, -0.15) is 26.3 Å². The summed E-state index contributed by atoms with van der Waals surface area (Å²) in [5, 5.41) is 9.66. The number of esters is 1. The molecule has 226 valence electrons. The van der Waals surface area contributed by atoms with Crippen molar-refractivity contribution in [2.45, 2.75) is 50.9 Å². The van der Waals surface area contributed by atoms with Crippen LogP contribution >= 0.6 is 0 Å². The van der Waals surface area contributed by atoms with Crippen molar-refractivity contribution < 1.29 is 41.0 Å². The van der Waals surface area contributed by atoms with E-state index in [0.717, 1.165) is 35.4 Å². The van der Waals surface area contributed by atoms with Gasteiger partial charge < -0.3 is 9.84 Å². The monoisotopic (exact) mass is 595 g/mol. The van der Waals surface area contributed by atoms with E-state index in [1.165, 1.54) is 0 Å². The lowest BCUT2D eigenvalue weighted by Crippen LogP contribution is -2.56. The van der Waals surface area contributed by atoms with Crippen molar-refractivity contribution >= 4 is 5.97 Å². The van der Waals surface area contributed by atoms with Crippen LogP contribution < -0.4 is 0 Å². The molecule has 1 saturated heterocycles. The summed E-state index contributed by atoms with van der Waals surface area (Å²) in [4.78, 5) is 21.1. The highest BCUT2D eigenvalue weighted by atomic mass is 19.4. The third kappa shape index (κ3) is 6.61. The Balaban J connectivity index is 1.51. The zero-order valence-electron chi connectivity index (χ0n) is 23.0. The molecule has 1 unspecified atom stereocenters. The Bertz CT molecular complexity index is 1350. The second-order valence-corrected chi connectivity index (χ2v) is 10.3. The molecule has 1 atom stereocenters. The standard InChI is InChI=1S/C30H31F6N3O3/c1-3-42-27(40)26-19-38(17-21-10-12-37-13-11-21)14-15-39(26)18-22-4-9-25(20(2)16-22)23-5-7-24(8-6-23)28(41,29(31,32)33)30(34,35)36/h4-13,16,26,41H,3,14-15,17-19H2,1-2H3. The van der Waals surface area contributed by atoms with Gasteiger partial charge in [-0.25, -0.2) is 0 Å². The maximum atomic E-state index is 13.2. The van der Waals surface area contributed by atoms with Gasteiger partial charge in [-0.1, -0.05) is 42.5 Å². The molecule has 0 saturated carbocycles. The number of pyridine rings is 1. The molecule has 4 rings (SSSR count). The third-order valence-electron chi connectivity index (χ3n) is 7.40. The van der Waals surface area contributed by atoms with E-state index in [1.807, 2.05) is 29.2 Å². The SMILES string of the molecule is CCOC(=O)C1CN(Cc2ccncc2)CCN1Cc1ccc(-c2ccc(C(O)(C(F)(F)F)C(F)(F)F)cc2)c(C)c1. The predicted molar refractivity (Wildman–Crippen MR) is 143 cm³/mol. The van der Waals surface area contributed by atoms with Crippen LogP contribution in [0, 0.1) is 6.92 Å². The molecule has 2 heterocycles. The summed E-state index contributed by atoms with van der Waals surface area (Å²) in [6.45, 7) is 6.71. The first kappa shape index (κ1) is 31.5. The molecular weight excluding hydrogens is 564 g/mol. The van der Waals surface area contributed by atoms with Crippen molar-refractivity contribution in [2.75, 3.05) is 26.2 Å². The van der Waals surface area contributed by atoms with Gasteiger partial charge in [-0.3, -0.25) is 19.6 Å². The highest BCUT2D eigenvalue weighted by Crippen LogP contribution is 2.50. The van der Waals surface area contributed by atoms with E-state index >= 15 is 0 Å². The van der Waals surface area contributed by atoms with Gasteiger partial charge in [0.05, 0.1) is 6.61 Å². The van der Waals surface area contributed by atoms with Crippen LogP contribution in [0.2, 0.25) is 0 Å². The summed E-state index contributed by atoms with van der Waals surface area (Å²) in [7, 11) is 0. The molecule has 0 radical (unpaired) electrons. The quantitative estimate of drug-likeness (QED) is 0.270. The highest BCUT2D eigenvalue weighted by molar-refractivity contribution is 5.76. The average molecular weight is 596 g/mol. The van der Waals surface area contributed by atoms with Crippen molar-refractivity contribution in [3.63, 3.8) is 0 Å². The smallest absolute Gasteiger partial charge is 0.430 e. The summed E-state index contributed by atoms with van der Waals surface area (Å²) in [6.07, 6.45) is -8.45. The van der Waals surface area contributed by atoms with Crippen molar-refractivity contribution in [1.29, 1.82) is 0 Å². The summed E-state index contributed by atoms with van der Waals surface area (Å²) < 4.78 is 84.8. The number of piperazine rings is 1. The van der Waals surface area contributed by atoms with Crippen LogP contribution in [0.3, 0.4) is 0 Å². The molecular formula is C30H31F6N3O3. The zero-order valence-corrected chi connectivity index (χ0v) is 23.0. The molecule has 0 aliphatic carbocycles. The van der Waals surface area contributed by atoms with Gasteiger partial charge in [0.1, 0.15) is 6.04 Å². The Morgan fingerprint density at radius 1 is 0.929 bits per heavy atom. The van der Waals surface area contributed by atoms with Crippen LogP contribution in [0.1, 0.15) is 29.2 Å². The predicted octanol–water partition coefficient (Wildman–Crippen LogP) is 5.62. The van der Waals surface area contributed by atoms with Crippen molar-refractivity contribution in [1.82, 2.24) is 14.8 Å². The minimum atomic E-state index is -5.95. The molecule has 1 N–H and O–H groups in total. The number of ether oxygens (including phenoxy) is 1. The van der Waals surface area contributed by atoms with Gasteiger partial charge in [0.2, 0.25) is 0 Å². The molecule has 0 amide bonds. The number of benzene rings is 2. The summed E-state index contributed by atoms with van der Waals surface area (Å²) in [5.74, 6) is -0.317. The summed E-state index contributed by atoms with van der Waals surface area (Å²) in [6, 6.07) is 12.3. The first-order valence-electron chi connectivity index (χ1n) is 13.3. The van der Waals surface area contributed by atoms with Gasteiger partial charge in [-0.15, -0.1) is 0 Å². The van der Waals surface area contributed by atoms with Crippen LogP contribution in [0.5, 0.6) is 0 Å². The van der Waals surface area contributed by atoms with Crippen LogP contribution in [-0.2, 0) is 28.2 Å². The topological polar surface area (TPSA) is 65.9 Å². The fourth-order valence-corrected chi connectivity index (χ4v) is 5.18. The van der Waals surface area contributed by atoms with Crippen LogP contribution in [0.4, 0.5) is 26.3 Å². The molecule has 0 bridgehead atoms. The minimum absolute atomic E-state index is 0.253. The molecule has 1 aliphatic heterocycles. The second kappa shape index (κ2) is 12.4. The van der Waals surface area contributed by atoms with E-state index in [9.17, 15) is 36.2 Å². The number of aromatic nitrogens is 1. The van der Waals surface area contributed by atoms with Gasteiger partial charge >= 0.3 is 18.3 Å². The number of hydrogen-bond acceptors (Lipinski definition) is 6. The van der Waals surface area contributed by atoms with E-state index in [4.69, 9.17) is 4.74 Å². The lowest BCUT2D eigenvalue weighted by Gasteiger charge is -2.40. The fourth-order valence-electron chi connectivity index (χ4n) is 5.18. The number of aryl methyl sites for hydroxylation is 1. The lowest BCUT2D eigenvalue weighted by molar-refractivity contribution is -0.376. The Kier molecular flexibility index (Phi) is 9.29. The first-order valence-corrected chi connectivity index (χ1v) is 13.3. The van der Waals surface area contributed by atoms with Gasteiger partial charge in [0.15, 0.2) is 0 Å². The van der Waals surface area contributed by atoms with E-state index in [1.54, 1.807) is 32.3 Å². The Hall–Kier alpha value is -3.48. The number of carbonyl (C=O) groups is 1. The largest absolute Gasteiger partial charge is 0.465 e. The van der Waals surface area contributed by atoms with E-state index in [2.05, 4.69) is 9.88 Å². The number of nitrogens with zero attached hydrogens (tertiary/aromatic N) is 3. The summed E-state index contributed by atoms with van der Waals surface area (Å²) >= 11 is 0. The van der Waals surface area contributed by atoms with Crippen LogP contribution in [-0.4, -0.2) is 70.5 Å². The van der Waals surface area contributed by atoms with Crippen LogP contribution in [0.25, 0.3) is 11.1 Å². The highest BCUT2D eigenvalue weighted by Gasteiger charge is 2.71. The number of halogens is 6. The number of carbonyl (C=O) groups excluding carboxylic acids is 1. The molecule has 1 fully saturated rings. The van der Waals surface area contributed by atoms with Crippen LogP contribution in [0.15, 0.2) is 67.0 Å². The average Bonchev–Trinajstić information content (AvgIpc) is 2.93. The molecule has 0 spiro atoms. The van der Waals surface area contributed by atoms with E-state index < -0.39 is 29.6 Å². The van der Waals surface area contributed by atoms with Crippen molar-refractivity contribution in [2.24, 2.45) is 0 Å². The molecule has 12 heteroatoms. The van der Waals surface area contributed by atoms with Crippen molar-refractivity contribution in [3.05, 3.63) is 89.2 Å². The Morgan fingerprint density at radius 2 is 1.57 bits per heavy atom. The van der Waals surface area contributed by atoms with Gasteiger partial charge in [0, 0.05) is 50.7 Å². The number of hydrogen-bond donors (Lipinski definition) is 1. The number of aliphatic hydroxyl groups is 1. The number of alkyl halides is 6. The lowest BCUT2D eigenvalue weighted by atomic mass is 9.90. The van der Waals surface area contributed by atoms with Crippen molar-refractivity contribution in [3.8, 4) is 11.1 Å². The van der Waals surface area contributed by atoms with E-state index in [-0.39, 0.29) is 12.6 Å². The van der Waals surface area contributed by atoms with E-state index in [0.29, 0.717) is 49.4 Å². The third-order valence-corrected chi connectivity index (χ3v) is 7.40. The molecule has 6 nitrogen and oxygen atoms in total.